The zero-order chi connectivity index (χ0) is 16.9. The lowest BCUT2D eigenvalue weighted by molar-refractivity contribution is -0.113. The number of amides is 1. The Morgan fingerprint density at radius 3 is 2.88 bits per heavy atom. The Kier molecular flexibility index (Phi) is 5.28. The maximum absolute atomic E-state index is 12.0. The summed E-state index contributed by atoms with van der Waals surface area (Å²) in [6, 6.07) is 12.7. The molecule has 0 spiro atoms. The van der Waals surface area contributed by atoms with Crippen LogP contribution < -0.4 is 14.8 Å². The number of thioether (sulfide) groups is 1. The molecule has 2 aromatic carbocycles. The molecule has 0 aliphatic carbocycles. The molecule has 1 amide bonds. The van der Waals surface area contributed by atoms with E-state index < -0.39 is 0 Å². The third kappa shape index (κ3) is 4.02. The first-order valence-corrected chi connectivity index (χ1v) is 9.06. The van der Waals surface area contributed by atoms with Crippen molar-refractivity contribution in [3.8, 4) is 17.6 Å². The molecule has 24 heavy (non-hydrogen) atoms. The Morgan fingerprint density at radius 1 is 1.29 bits per heavy atom. The number of nitrogens with one attached hydrogen (secondary N) is 1. The minimum atomic E-state index is -0.105. The molecule has 1 heterocycles. The number of benzene rings is 2. The summed E-state index contributed by atoms with van der Waals surface area (Å²) in [5, 5.41) is 11.7. The number of fused-ring (bicyclic) bond motifs is 1. The highest BCUT2D eigenvalue weighted by atomic mass is 79.9. The minimum Gasteiger partial charge on any atom is -0.454 e. The Labute approximate surface area is 152 Å². The van der Waals surface area contributed by atoms with Crippen LogP contribution in [0.2, 0.25) is 0 Å². The van der Waals surface area contributed by atoms with Gasteiger partial charge in [-0.2, -0.15) is 5.26 Å². The minimum absolute atomic E-state index is 0.105. The van der Waals surface area contributed by atoms with E-state index in [1.54, 1.807) is 24.3 Å². The van der Waals surface area contributed by atoms with Gasteiger partial charge in [-0.15, -0.1) is 11.8 Å². The van der Waals surface area contributed by atoms with Crippen LogP contribution in [-0.2, 0) is 10.5 Å². The second kappa shape index (κ2) is 7.60. The molecule has 7 heteroatoms. The predicted octanol–water partition coefficient (Wildman–Crippen LogP) is 3.92. The molecule has 0 saturated heterocycles. The summed E-state index contributed by atoms with van der Waals surface area (Å²) < 4.78 is 11.6. The molecule has 1 aliphatic heterocycles. The standard InChI is InChI=1S/C17H13BrN2O3S/c18-14-6-16-15(22-10-23-16)5-12(14)8-24-9-17(21)20-13-3-1-2-11(4-13)7-19/h1-6H,8-10H2,(H,20,21). The summed E-state index contributed by atoms with van der Waals surface area (Å²) in [4.78, 5) is 12.0. The maximum atomic E-state index is 12.0. The van der Waals surface area contributed by atoms with E-state index in [1.807, 2.05) is 18.2 Å². The third-order valence-corrected chi connectivity index (χ3v) is 5.03. The summed E-state index contributed by atoms with van der Waals surface area (Å²) >= 11 is 5.01. The van der Waals surface area contributed by atoms with Gasteiger partial charge >= 0.3 is 0 Å². The van der Waals surface area contributed by atoms with Crippen LogP contribution >= 0.6 is 27.7 Å². The SMILES string of the molecule is N#Cc1cccc(NC(=O)CSCc2cc3c(cc2Br)OCO3)c1. The summed E-state index contributed by atoms with van der Waals surface area (Å²) in [7, 11) is 0. The summed E-state index contributed by atoms with van der Waals surface area (Å²) in [5.41, 5.74) is 2.19. The number of anilines is 1. The Balaban J connectivity index is 1.53. The van der Waals surface area contributed by atoms with Gasteiger partial charge in [0.25, 0.3) is 0 Å². The number of carbonyl (C=O) groups excluding carboxylic acids is 1. The topological polar surface area (TPSA) is 71.4 Å². The van der Waals surface area contributed by atoms with Crippen LogP contribution in [-0.4, -0.2) is 18.5 Å². The second-order valence-electron chi connectivity index (χ2n) is 5.03. The molecule has 1 N–H and O–H groups in total. The fourth-order valence-electron chi connectivity index (χ4n) is 2.19. The van der Waals surface area contributed by atoms with Crippen molar-refractivity contribution >= 4 is 39.3 Å². The summed E-state index contributed by atoms with van der Waals surface area (Å²) in [6.45, 7) is 0.239. The van der Waals surface area contributed by atoms with Gasteiger partial charge in [-0.05, 0) is 35.9 Å². The monoisotopic (exact) mass is 404 g/mol. The average Bonchev–Trinajstić information content (AvgIpc) is 3.02. The first-order valence-electron chi connectivity index (χ1n) is 7.11. The van der Waals surface area contributed by atoms with Gasteiger partial charge in [-0.3, -0.25) is 4.79 Å². The molecule has 3 rings (SSSR count). The van der Waals surface area contributed by atoms with Gasteiger partial charge in [0.2, 0.25) is 12.7 Å². The lowest BCUT2D eigenvalue weighted by Gasteiger charge is -2.07. The van der Waals surface area contributed by atoms with Crippen LogP contribution in [0.3, 0.4) is 0 Å². The normalized spacial score (nSPS) is 11.8. The second-order valence-corrected chi connectivity index (χ2v) is 6.87. The quantitative estimate of drug-likeness (QED) is 0.817. The third-order valence-electron chi connectivity index (χ3n) is 3.31. The van der Waals surface area contributed by atoms with Crippen molar-refractivity contribution in [3.05, 3.63) is 52.0 Å². The van der Waals surface area contributed by atoms with Gasteiger partial charge in [-0.25, -0.2) is 0 Å². The van der Waals surface area contributed by atoms with E-state index in [0.717, 1.165) is 21.5 Å². The molecule has 5 nitrogen and oxygen atoms in total. The van der Waals surface area contributed by atoms with Crippen LogP contribution in [0.4, 0.5) is 5.69 Å². The molecule has 0 unspecified atom stereocenters. The Morgan fingerprint density at radius 2 is 2.08 bits per heavy atom. The molecule has 1 aliphatic rings. The molecule has 0 fully saturated rings. The smallest absolute Gasteiger partial charge is 0.234 e. The number of hydrogen-bond donors (Lipinski definition) is 1. The Hall–Kier alpha value is -2.17. The highest BCUT2D eigenvalue weighted by Gasteiger charge is 2.16. The number of ether oxygens (including phenoxy) is 2. The molecule has 0 aromatic heterocycles. The van der Waals surface area contributed by atoms with Crippen molar-refractivity contribution in [1.82, 2.24) is 0 Å². The Bertz CT molecular complexity index is 820. The fraction of sp³-hybridized carbons (Fsp3) is 0.176. The number of nitrogens with zero attached hydrogens (tertiary/aromatic N) is 1. The molecule has 2 aromatic rings. The summed E-state index contributed by atoms with van der Waals surface area (Å²) in [5.74, 6) is 2.34. The highest BCUT2D eigenvalue weighted by molar-refractivity contribution is 9.10. The van der Waals surface area contributed by atoms with E-state index in [9.17, 15) is 4.79 Å². The van der Waals surface area contributed by atoms with Gasteiger partial charge in [0.1, 0.15) is 0 Å². The van der Waals surface area contributed by atoms with E-state index in [0.29, 0.717) is 22.8 Å². The lowest BCUT2D eigenvalue weighted by Crippen LogP contribution is -2.14. The lowest BCUT2D eigenvalue weighted by atomic mass is 10.2. The van der Waals surface area contributed by atoms with E-state index in [4.69, 9.17) is 14.7 Å². The number of carbonyl (C=O) groups is 1. The molecule has 0 bridgehead atoms. The van der Waals surface area contributed by atoms with Crippen molar-refractivity contribution in [3.63, 3.8) is 0 Å². The molecular weight excluding hydrogens is 392 g/mol. The van der Waals surface area contributed by atoms with Crippen LogP contribution in [0.1, 0.15) is 11.1 Å². The van der Waals surface area contributed by atoms with Crippen molar-refractivity contribution in [2.75, 3.05) is 17.9 Å². The maximum Gasteiger partial charge on any atom is 0.234 e. The average molecular weight is 405 g/mol. The molecule has 0 saturated carbocycles. The molecule has 0 radical (unpaired) electrons. The van der Waals surface area contributed by atoms with Gasteiger partial charge < -0.3 is 14.8 Å². The fourth-order valence-corrected chi connectivity index (χ4v) is 3.65. The first kappa shape index (κ1) is 16.7. The zero-order valence-electron chi connectivity index (χ0n) is 12.5. The number of hydrogen-bond acceptors (Lipinski definition) is 5. The number of rotatable bonds is 5. The number of halogens is 1. The van der Waals surface area contributed by atoms with Gasteiger partial charge in [0.05, 0.1) is 17.4 Å². The van der Waals surface area contributed by atoms with Crippen molar-refractivity contribution < 1.29 is 14.3 Å². The molecule has 122 valence electrons. The largest absolute Gasteiger partial charge is 0.454 e. The number of nitriles is 1. The first-order chi connectivity index (χ1) is 11.7. The van der Waals surface area contributed by atoms with Gasteiger partial charge in [0, 0.05) is 15.9 Å². The molecular formula is C17H13BrN2O3S. The van der Waals surface area contributed by atoms with E-state index in [2.05, 4.69) is 21.2 Å². The van der Waals surface area contributed by atoms with E-state index >= 15 is 0 Å². The predicted molar refractivity (Wildman–Crippen MR) is 96.2 cm³/mol. The van der Waals surface area contributed by atoms with E-state index in [-0.39, 0.29) is 12.7 Å². The van der Waals surface area contributed by atoms with Crippen molar-refractivity contribution in [2.24, 2.45) is 0 Å². The highest BCUT2D eigenvalue weighted by Crippen LogP contribution is 2.38. The van der Waals surface area contributed by atoms with Crippen LogP contribution in [0.25, 0.3) is 0 Å². The van der Waals surface area contributed by atoms with Gasteiger partial charge in [-0.1, -0.05) is 22.0 Å². The zero-order valence-corrected chi connectivity index (χ0v) is 14.9. The van der Waals surface area contributed by atoms with E-state index in [1.165, 1.54) is 11.8 Å². The van der Waals surface area contributed by atoms with Crippen molar-refractivity contribution in [1.29, 1.82) is 5.26 Å². The van der Waals surface area contributed by atoms with Crippen molar-refractivity contribution in [2.45, 2.75) is 5.75 Å². The van der Waals surface area contributed by atoms with Crippen LogP contribution in [0, 0.1) is 11.3 Å². The molecule has 0 atom stereocenters. The summed E-state index contributed by atoms with van der Waals surface area (Å²) in [6.07, 6.45) is 0. The van der Waals surface area contributed by atoms with Crippen LogP contribution in [0.5, 0.6) is 11.5 Å². The van der Waals surface area contributed by atoms with Gasteiger partial charge in [0.15, 0.2) is 11.5 Å². The van der Waals surface area contributed by atoms with Crippen LogP contribution in [0.15, 0.2) is 40.9 Å².